The molecule has 0 spiro atoms. The minimum atomic E-state index is 0.540. The van der Waals surface area contributed by atoms with Crippen LogP contribution in [0.15, 0.2) is 12.4 Å². The minimum Gasteiger partial charge on any atom is -0.396 e. The van der Waals surface area contributed by atoms with Crippen LogP contribution < -0.4 is 5.73 Å². The van der Waals surface area contributed by atoms with E-state index in [-0.39, 0.29) is 0 Å². The first kappa shape index (κ1) is 8.64. The van der Waals surface area contributed by atoms with Crippen LogP contribution in [-0.2, 0) is 0 Å². The summed E-state index contributed by atoms with van der Waals surface area (Å²) in [6.45, 7) is 0. The lowest BCUT2D eigenvalue weighted by Gasteiger charge is -2.03. The van der Waals surface area contributed by atoms with Gasteiger partial charge < -0.3 is 5.73 Å². The largest absolute Gasteiger partial charge is 0.396 e. The van der Waals surface area contributed by atoms with Crippen LogP contribution in [0.2, 0.25) is 0 Å². The first-order chi connectivity index (χ1) is 7.34. The molecule has 1 aliphatic carbocycles. The lowest BCUT2D eigenvalue weighted by atomic mass is 10.0. The number of rotatable bonds is 1. The molecule has 1 saturated carbocycles. The van der Waals surface area contributed by atoms with Gasteiger partial charge in [-0.3, -0.25) is 0 Å². The Morgan fingerprint density at radius 2 is 2.13 bits per heavy atom. The van der Waals surface area contributed by atoms with Crippen molar-refractivity contribution in [2.45, 2.75) is 31.6 Å². The van der Waals surface area contributed by atoms with Gasteiger partial charge in [-0.05, 0) is 12.8 Å². The Labute approximate surface area is 87.3 Å². The van der Waals surface area contributed by atoms with Crippen molar-refractivity contribution in [3.05, 3.63) is 18.1 Å². The lowest BCUT2D eigenvalue weighted by Crippen LogP contribution is -1.97. The highest BCUT2D eigenvalue weighted by Crippen LogP contribution is 2.34. The normalized spacial score (nSPS) is 17.6. The first-order valence-corrected chi connectivity index (χ1v) is 5.31. The van der Waals surface area contributed by atoms with Gasteiger partial charge in [0, 0.05) is 5.92 Å². The average molecular weight is 203 g/mol. The molecule has 1 aliphatic rings. The number of fused-ring (bicyclic) bond motifs is 1. The third-order valence-electron chi connectivity index (χ3n) is 3.04. The number of hydrogen-bond donors (Lipinski definition) is 1. The topological polar surface area (TPSA) is 69.1 Å². The molecular weight excluding hydrogens is 190 g/mol. The molecule has 2 heterocycles. The minimum absolute atomic E-state index is 0.540. The van der Waals surface area contributed by atoms with Crippen LogP contribution in [0.4, 0.5) is 5.69 Å². The summed E-state index contributed by atoms with van der Waals surface area (Å²) in [4.78, 5) is 4.30. The monoisotopic (exact) mass is 203 g/mol. The molecule has 0 radical (unpaired) electrons. The summed E-state index contributed by atoms with van der Waals surface area (Å²) >= 11 is 0. The van der Waals surface area contributed by atoms with E-state index in [1.165, 1.54) is 25.7 Å². The van der Waals surface area contributed by atoms with E-state index in [9.17, 15) is 0 Å². The van der Waals surface area contributed by atoms with E-state index < -0.39 is 0 Å². The second-order valence-corrected chi connectivity index (χ2v) is 4.11. The van der Waals surface area contributed by atoms with E-state index >= 15 is 0 Å². The highest BCUT2D eigenvalue weighted by Gasteiger charge is 2.22. The van der Waals surface area contributed by atoms with Gasteiger partial charge in [0.1, 0.15) is 5.69 Å². The van der Waals surface area contributed by atoms with Crippen molar-refractivity contribution in [3.63, 3.8) is 0 Å². The molecule has 78 valence electrons. The van der Waals surface area contributed by atoms with E-state index in [0.29, 0.717) is 11.6 Å². The zero-order valence-corrected chi connectivity index (χ0v) is 8.43. The fourth-order valence-electron chi connectivity index (χ4n) is 2.29. The van der Waals surface area contributed by atoms with Crippen LogP contribution in [0.3, 0.4) is 0 Å². The quantitative estimate of drug-likeness (QED) is 0.759. The molecule has 5 heteroatoms. The van der Waals surface area contributed by atoms with E-state index in [1.807, 2.05) is 0 Å². The Morgan fingerprint density at radius 3 is 2.93 bits per heavy atom. The summed E-state index contributed by atoms with van der Waals surface area (Å²) in [7, 11) is 0. The molecule has 2 aromatic heterocycles. The molecular formula is C10H13N5. The van der Waals surface area contributed by atoms with Crippen molar-refractivity contribution in [1.82, 2.24) is 19.8 Å². The van der Waals surface area contributed by atoms with Gasteiger partial charge in [-0.2, -0.15) is 4.52 Å². The van der Waals surface area contributed by atoms with Gasteiger partial charge in [0.15, 0.2) is 5.65 Å². The van der Waals surface area contributed by atoms with Crippen LogP contribution in [0.5, 0.6) is 0 Å². The van der Waals surface area contributed by atoms with Gasteiger partial charge in [-0.15, -0.1) is 5.10 Å². The van der Waals surface area contributed by atoms with Gasteiger partial charge in [0.25, 0.3) is 0 Å². The fraction of sp³-hybridized carbons (Fsp3) is 0.500. The second kappa shape index (κ2) is 3.18. The van der Waals surface area contributed by atoms with E-state index in [4.69, 9.17) is 5.73 Å². The third kappa shape index (κ3) is 1.35. The van der Waals surface area contributed by atoms with E-state index in [2.05, 4.69) is 15.3 Å². The number of nitrogens with zero attached hydrogens (tertiary/aromatic N) is 4. The van der Waals surface area contributed by atoms with Crippen LogP contribution in [0.1, 0.15) is 37.3 Å². The maximum Gasteiger partial charge on any atom is 0.179 e. The van der Waals surface area contributed by atoms with E-state index in [1.54, 1.807) is 16.9 Å². The van der Waals surface area contributed by atoms with Gasteiger partial charge in [-0.1, -0.05) is 18.1 Å². The zero-order valence-electron chi connectivity index (χ0n) is 8.43. The molecule has 0 amide bonds. The summed E-state index contributed by atoms with van der Waals surface area (Å²) in [5.74, 6) is 0.540. The van der Waals surface area contributed by atoms with Crippen molar-refractivity contribution in [2.24, 2.45) is 0 Å². The summed E-state index contributed by atoms with van der Waals surface area (Å²) in [6, 6.07) is 0. The Balaban J connectivity index is 2.11. The summed E-state index contributed by atoms with van der Waals surface area (Å²) < 4.78 is 1.67. The lowest BCUT2D eigenvalue weighted by molar-refractivity contribution is 0.693. The highest BCUT2D eigenvalue weighted by molar-refractivity contribution is 5.48. The van der Waals surface area contributed by atoms with Gasteiger partial charge >= 0.3 is 0 Å². The molecule has 0 unspecified atom stereocenters. The zero-order chi connectivity index (χ0) is 10.3. The summed E-state index contributed by atoms with van der Waals surface area (Å²) in [6.07, 6.45) is 8.42. The highest BCUT2D eigenvalue weighted by atomic mass is 15.4. The molecule has 0 aliphatic heterocycles. The molecule has 0 atom stereocenters. The molecule has 0 saturated heterocycles. The van der Waals surface area contributed by atoms with Gasteiger partial charge in [0.2, 0.25) is 0 Å². The van der Waals surface area contributed by atoms with Crippen molar-refractivity contribution < 1.29 is 0 Å². The number of nitrogens with two attached hydrogens (primary N) is 1. The second-order valence-electron chi connectivity index (χ2n) is 4.11. The first-order valence-electron chi connectivity index (χ1n) is 5.31. The predicted molar refractivity (Wildman–Crippen MR) is 56.4 cm³/mol. The van der Waals surface area contributed by atoms with Crippen LogP contribution in [0, 0.1) is 0 Å². The maximum absolute atomic E-state index is 5.64. The van der Waals surface area contributed by atoms with Crippen molar-refractivity contribution in [1.29, 1.82) is 0 Å². The summed E-state index contributed by atoms with van der Waals surface area (Å²) in [5, 5.41) is 8.26. The summed E-state index contributed by atoms with van der Waals surface area (Å²) in [5.41, 5.74) is 8.14. The predicted octanol–water partition coefficient (Wildman–Crippen LogP) is 1.36. The molecule has 0 bridgehead atoms. The van der Waals surface area contributed by atoms with Gasteiger partial charge in [0.05, 0.1) is 18.1 Å². The number of nitrogen functional groups attached to an aromatic ring is 1. The number of hydrogen-bond acceptors (Lipinski definition) is 4. The molecule has 2 aromatic rings. The van der Waals surface area contributed by atoms with Crippen molar-refractivity contribution in [3.8, 4) is 0 Å². The molecule has 0 aromatic carbocycles. The Morgan fingerprint density at radius 1 is 1.33 bits per heavy atom. The molecule has 2 N–H and O–H groups in total. The van der Waals surface area contributed by atoms with Crippen molar-refractivity contribution in [2.75, 3.05) is 5.73 Å². The molecule has 1 fully saturated rings. The van der Waals surface area contributed by atoms with Crippen molar-refractivity contribution >= 4 is 11.3 Å². The SMILES string of the molecule is Nc1cnc2c(C3CCCC3)nnn2c1. The number of aromatic nitrogens is 4. The fourth-order valence-corrected chi connectivity index (χ4v) is 2.29. The Hall–Kier alpha value is -1.65. The molecule has 5 nitrogen and oxygen atoms in total. The van der Waals surface area contributed by atoms with Crippen LogP contribution >= 0.6 is 0 Å². The molecule has 15 heavy (non-hydrogen) atoms. The Kier molecular flexibility index (Phi) is 1.83. The van der Waals surface area contributed by atoms with Crippen LogP contribution in [0.25, 0.3) is 5.65 Å². The standard InChI is InChI=1S/C10H13N5/c11-8-5-12-10-9(7-3-1-2-4-7)13-14-15(10)6-8/h5-7H,1-4,11H2. The Bertz CT molecular complexity index is 484. The number of anilines is 1. The third-order valence-corrected chi connectivity index (χ3v) is 3.04. The molecule has 3 rings (SSSR count). The van der Waals surface area contributed by atoms with E-state index in [0.717, 1.165) is 11.3 Å². The smallest absolute Gasteiger partial charge is 0.179 e. The maximum atomic E-state index is 5.64. The average Bonchev–Trinajstić information content (AvgIpc) is 2.82. The van der Waals surface area contributed by atoms with Gasteiger partial charge in [-0.25, -0.2) is 4.98 Å². The van der Waals surface area contributed by atoms with Crippen LogP contribution in [-0.4, -0.2) is 19.8 Å².